The summed E-state index contributed by atoms with van der Waals surface area (Å²) in [6, 6.07) is 15.2. The molecule has 120 valence electrons. The molecule has 0 spiro atoms. The maximum absolute atomic E-state index is 12.7. The van der Waals surface area contributed by atoms with Gasteiger partial charge in [-0.2, -0.15) is 0 Å². The highest BCUT2D eigenvalue weighted by molar-refractivity contribution is 6.03. The molecule has 0 amide bonds. The van der Waals surface area contributed by atoms with Gasteiger partial charge in [-0.05, 0) is 43.5 Å². The Morgan fingerprint density at radius 2 is 1.88 bits per heavy atom. The average molecular weight is 317 g/mol. The standard InChI is InChI=1S/C21H19NO2/c1-14(2)13-17-9-4-7-15(3)20(17)24-21(23)18-11-5-8-16-10-6-12-22-19(16)18/h4-12H,1,13H2,2-3H3. The molecule has 0 saturated carbocycles. The van der Waals surface area contributed by atoms with Gasteiger partial charge >= 0.3 is 5.97 Å². The van der Waals surface area contributed by atoms with Gasteiger partial charge in [-0.15, -0.1) is 0 Å². The average Bonchev–Trinajstić information content (AvgIpc) is 2.57. The number of fused-ring (bicyclic) bond motifs is 1. The van der Waals surface area contributed by atoms with Gasteiger partial charge in [0, 0.05) is 11.6 Å². The van der Waals surface area contributed by atoms with Crippen molar-refractivity contribution in [3.8, 4) is 5.75 Å². The number of benzene rings is 2. The molecule has 0 atom stereocenters. The second kappa shape index (κ2) is 6.67. The fraction of sp³-hybridized carbons (Fsp3) is 0.143. The van der Waals surface area contributed by atoms with E-state index in [1.54, 1.807) is 12.3 Å². The van der Waals surface area contributed by atoms with Gasteiger partial charge < -0.3 is 4.74 Å². The number of ether oxygens (including phenoxy) is 1. The Hall–Kier alpha value is -2.94. The van der Waals surface area contributed by atoms with Gasteiger partial charge in [0.15, 0.2) is 0 Å². The molecule has 0 N–H and O–H groups in total. The van der Waals surface area contributed by atoms with Crippen LogP contribution in [0.2, 0.25) is 0 Å². The molecule has 24 heavy (non-hydrogen) atoms. The zero-order chi connectivity index (χ0) is 17.1. The van der Waals surface area contributed by atoms with Gasteiger partial charge in [-0.1, -0.05) is 48.6 Å². The van der Waals surface area contributed by atoms with Crippen LogP contribution in [0.25, 0.3) is 10.9 Å². The van der Waals surface area contributed by atoms with Gasteiger partial charge in [0.2, 0.25) is 0 Å². The molecular formula is C21H19NO2. The molecule has 3 nitrogen and oxygen atoms in total. The fourth-order valence-electron chi connectivity index (χ4n) is 2.74. The third kappa shape index (κ3) is 3.20. The van der Waals surface area contributed by atoms with Crippen molar-refractivity contribution in [1.29, 1.82) is 0 Å². The van der Waals surface area contributed by atoms with Crippen molar-refractivity contribution in [2.24, 2.45) is 0 Å². The molecular weight excluding hydrogens is 298 g/mol. The second-order valence-corrected chi connectivity index (χ2v) is 5.97. The largest absolute Gasteiger partial charge is 0.422 e. The number of allylic oxidation sites excluding steroid dienone is 1. The van der Waals surface area contributed by atoms with Crippen LogP contribution in [0.3, 0.4) is 0 Å². The molecule has 3 rings (SSSR count). The van der Waals surface area contributed by atoms with Crippen LogP contribution >= 0.6 is 0 Å². The summed E-state index contributed by atoms with van der Waals surface area (Å²) < 4.78 is 5.75. The number of aryl methyl sites for hydroxylation is 1. The lowest BCUT2D eigenvalue weighted by atomic mass is 10.0. The number of pyridine rings is 1. The van der Waals surface area contributed by atoms with E-state index in [-0.39, 0.29) is 0 Å². The minimum absolute atomic E-state index is 0.392. The van der Waals surface area contributed by atoms with Crippen molar-refractivity contribution in [1.82, 2.24) is 4.98 Å². The van der Waals surface area contributed by atoms with Crippen LogP contribution < -0.4 is 4.74 Å². The Morgan fingerprint density at radius 1 is 1.12 bits per heavy atom. The summed E-state index contributed by atoms with van der Waals surface area (Å²) in [6.07, 6.45) is 2.36. The third-order valence-corrected chi connectivity index (χ3v) is 3.83. The van der Waals surface area contributed by atoms with Crippen LogP contribution in [-0.4, -0.2) is 11.0 Å². The van der Waals surface area contributed by atoms with E-state index < -0.39 is 5.97 Å². The van der Waals surface area contributed by atoms with E-state index in [2.05, 4.69) is 11.6 Å². The first-order valence-electron chi connectivity index (χ1n) is 7.85. The van der Waals surface area contributed by atoms with Gasteiger partial charge in [0.25, 0.3) is 0 Å². The number of carbonyl (C=O) groups is 1. The van der Waals surface area contributed by atoms with Gasteiger partial charge in [0.05, 0.1) is 11.1 Å². The molecule has 0 bridgehead atoms. The number of aromatic nitrogens is 1. The van der Waals surface area contributed by atoms with E-state index in [0.29, 0.717) is 23.3 Å². The van der Waals surface area contributed by atoms with E-state index in [0.717, 1.165) is 22.1 Å². The zero-order valence-corrected chi connectivity index (χ0v) is 13.9. The van der Waals surface area contributed by atoms with Crippen LogP contribution in [0.5, 0.6) is 5.75 Å². The first kappa shape index (κ1) is 15.9. The summed E-state index contributed by atoms with van der Waals surface area (Å²) >= 11 is 0. The Morgan fingerprint density at radius 3 is 2.67 bits per heavy atom. The fourth-order valence-corrected chi connectivity index (χ4v) is 2.74. The maximum Gasteiger partial charge on any atom is 0.345 e. The lowest BCUT2D eigenvalue weighted by molar-refractivity contribution is 0.0734. The first-order chi connectivity index (χ1) is 11.6. The van der Waals surface area contributed by atoms with Crippen molar-refractivity contribution in [3.63, 3.8) is 0 Å². The number of rotatable bonds is 4. The Labute approximate surface area is 141 Å². The number of hydrogen-bond acceptors (Lipinski definition) is 3. The number of carbonyl (C=O) groups excluding carboxylic acids is 1. The molecule has 1 aromatic heterocycles. The maximum atomic E-state index is 12.7. The van der Waals surface area contributed by atoms with E-state index in [9.17, 15) is 4.79 Å². The molecule has 0 fully saturated rings. The number of nitrogens with zero attached hydrogens (tertiary/aromatic N) is 1. The van der Waals surface area contributed by atoms with Crippen molar-refractivity contribution in [3.05, 3.63) is 83.6 Å². The third-order valence-electron chi connectivity index (χ3n) is 3.83. The molecule has 2 aromatic carbocycles. The molecule has 0 saturated heterocycles. The molecule has 3 heteroatoms. The number of hydrogen-bond donors (Lipinski definition) is 0. The summed E-state index contributed by atoms with van der Waals surface area (Å²) in [4.78, 5) is 17.1. The smallest absolute Gasteiger partial charge is 0.345 e. The van der Waals surface area contributed by atoms with Crippen LogP contribution in [-0.2, 0) is 6.42 Å². The summed E-state index contributed by atoms with van der Waals surface area (Å²) in [5, 5.41) is 0.916. The molecule has 1 heterocycles. The lowest BCUT2D eigenvalue weighted by Gasteiger charge is -2.13. The van der Waals surface area contributed by atoms with Gasteiger partial charge in [-0.25, -0.2) is 4.79 Å². The highest BCUT2D eigenvalue weighted by Crippen LogP contribution is 2.27. The Bertz CT molecular complexity index is 923. The highest BCUT2D eigenvalue weighted by Gasteiger charge is 2.16. The molecule has 0 radical (unpaired) electrons. The van der Waals surface area contributed by atoms with Gasteiger partial charge in [0.1, 0.15) is 5.75 Å². The predicted molar refractivity (Wildman–Crippen MR) is 96.4 cm³/mol. The van der Waals surface area contributed by atoms with Crippen LogP contribution in [0.15, 0.2) is 66.9 Å². The Balaban J connectivity index is 1.99. The predicted octanol–water partition coefficient (Wildman–Crippen LogP) is 4.88. The molecule has 0 aliphatic rings. The SMILES string of the molecule is C=C(C)Cc1cccc(C)c1OC(=O)c1cccc2cccnc12. The first-order valence-corrected chi connectivity index (χ1v) is 7.85. The topological polar surface area (TPSA) is 39.2 Å². The second-order valence-electron chi connectivity index (χ2n) is 5.97. The highest BCUT2D eigenvalue weighted by atomic mass is 16.5. The van der Waals surface area contributed by atoms with E-state index >= 15 is 0 Å². The van der Waals surface area contributed by atoms with Crippen LogP contribution in [0, 0.1) is 6.92 Å². The van der Waals surface area contributed by atoms with Crippen molar-refractivity contribution < 1.29 is 9.53 Å². The van der Waals surface area contributed by atoms with Gasteiger partial charge in [-0.3, -0.25) is 4.98 Å². The van der Waals surface area contributed by atoms with Crippen molar-refractivity contribution >= 4 is 16.9 Å². The molecule has 0 unspecified atom stereocenters. The van der Waals surface area contributed by atoms with Crippen LogP contribution in [0.1, 0.15) is 28.4 Å². The molecule has 3 aromatic rings. The van der Waals surface area contributed by atoms with E-state index in [1.807, 2.05) is 56.3 Å². The number of esters is 1. The molecule has 0 aliphatic heterocycles. The van der Waals surface area contributed by atoms with Crippen molar-refractivity contribution in [2.45, 2.75) is 20.3 Å². The minimum atomic E-state index is -0.392. The quantitative estimate of drug-likeness (QED) is 0.391. The normalized spacial score (nSPS) is 10.6. The number of para-hydroxylation sites is 2. The summed E-state index contributed by atoms with van der Waals surface area (Å²) in [5.74, 6) is 0.218. The minimum Gasteiger partial charge on any atom is -0.422 e. The van der Waals surface area contributed by atoms with Crippen molar-refractivity contribution in [2.75, 3.05) is 0 Å². The molecule has 0 aliphatic carbocycles. The van der Waals surface area contributed by atoms with E-state index in [1.165, 1.54) is 0 Å². The zero-order valence-electron chi connectivity index (χ0n) is 13.9. The summed E-state index contributed by atoms with van der Waals surface area (Å²) in [5.41, 5.74) is 4.03. The summed E-state index contributed by atoms with van der Waals surface area (Å²) in [6.45, 7) is 7.85. The van der Waals surface area contributed by atoms with Crippen LogP contribution in [0.4, 0.5) is 0 Å². The lowest BCUT2D eigenvalue weighted by Crippen LogP contribution is -2.12. The summed E-state index contributed by atoms with van der Waals surface area (Å²) in [7, 11) is 0. The van der Waals surface area contributed by atoms with E-state index in [4.69, 9.17) is 4.74 Å². The monoisotopic (exact) mass is 317 g/mol. The Kier molecular flexibility index (Phi) is 4.43.